The Morgan fingerprint density at radius 2 is 1.88 bits per heavy atom. The van der Waals surface area contributed by atoms with Gasteiger partial charge in [0.1, 0.15) is 5.01 Å². The molecule has 3 rings (SSSR count). The smallest absolute Gasteiger partial charge is 0.269 e. The van der Waals surface area contributed by atoms with E-state index in [4.69, 9.17) is 0 Å². The molecule has 3 aromatic rings. The number of carbonyl (C=O) groups excluding carboxylic acids is 1. The molecule has 0 saturated heterocycles. The standard InChI is InChI=1S/C17H13N3O3S2/c21-16(11-25-15-7-5-14(6-8-15)20(22)23)19-13-3-1-12(2-4-13)17-18-9-10-24-17/h1-10H,11H2,(H,19,21). The lowest BCUT2D eigenvalue weighted by atomic mass is 10.2. The van der Waals surface area contributed by atoms with Crippen LogP contribution >= 0.6 is 23.1 Å². The summed E-state index contributed by atoms with van der Waals surface area (Å²) in [5.41, 5.74) is 1.76. The van der Waals surface area contributed by atoms with Gasteiger partial charge in [-0.2, -0.15) is 0 Å². The molecule has 0 aliphatic heterocycles. The number of benzene rings is 2. The van der Waals surface area contributed by atoms with Gasteiger partial charge in [-0.15, -0.1) is 23.1 Å². The van der Waals surface area contributed by atoms with E-state index in [9.17, 15) is 14.9 Å². The number of nitro groups is 1. The number of non-ortho nitro benzene ring substituents is 1. The van der Waals surface area contributed by atoms with E-state index in [1.54, 1.807) is 29.7 Å². The molecule has 0 atom stereocenters. The van der Waals surface area contributed by atoms with Crippen molar-refractivity contribution < 1.29 is 9.72 Å². The normalized spacial score (nSPS) is 10.4. The van der Waals surface area contributed by atoms with Crippen LogP contribution in [0.2, 0.25) is 0 Å². The second-order valence-electron chi connectivity index (χ2n) is 5.00. The lowest BCUT2D eigenvalue weighted by Crippen LogP contribution is -2.13. The van der Waals surface area contributed by atoms with Gasteiger partial charge in [-0.05, 0) is 36.4 Å². The molecule has 2 aromatic carbocycles. The van der Waals surface area contributed by atoms with Gasteiger partial charge in [-0.25, -0.2) is 4.98 Å². The van der Waals surface area contributed by atoms with Crippen molar-refractivity contribution in [2.75, 3.05) is 11.1 Å². The summed E-state index contributed by atoms with van der Waals surface area (Å²) in [4.78, 5) is 27.2. The first-order valence-corrected chi connectivity index (χ1v) is 9.15. The van der Waals surface area contributed by atoms with Gasteiger partial charge < -0.3 is 5.32 Å². The maximum Gasteiger partial charge on any atom is 0.269 e. The summed E-state index contributed by atoms with van der Waals surface area (Å²) in [6, 6.07) is 13.6. The summed E-state index contributed by atoms with van der Waals surface area (Å²) in [7, 11) is 0. The van der Waals surface area contributed by atoms with Crippen molar-refractivity contribution in [2.45, 2.75) is 4.90 Å². The number of rotatable bonds is 6. The molecular weight excluding hydrogens is 358 g/mol. The van der Waals surface area contributed by atoms with E-state index >= 15 is 0 Å². The number of aromatic nitrogens is 1. The second-order valence-corrected chi connectivity index (χ2v) is 6.95. The average molecular weight is 371 g/mol. The summed E-state index contributed by atoms with van der Waals surface area (Å²) < 4.78 is 0. The first kappa shape index (κ1) is 17.1. The van der Waals surface area contributed by atoms with Crippen LogP contribution in [-0.2, 0) is 4.79 Å². The number of nitrogens with one attached hydrogen (secondary N) is 1. The Kier molecular flexibility index (Phi) is 5.42. The van der Waals surface area contributed by atoms with Crippen LogP contribution in [-0.4, -0.2) is 21.6 Å². The van der Waals surface area contributed by atoms with Gasteiger partial charge in [0, 0.05) is 39.9 Å². The lowest BCUT2D eigenvalue weighted by molar-refractivity contribution is -0.384. The van der Waals surface area contributed by atoms with Crippen LogP contribution in [0, 0.1) is 10.1 Å². The molecule has 25 heavy (non-hydrogen) atoms. The molecule has 0 radical (unpaired) electrons. The molecule has 1 amide bonds. The van der Waals surface area contributed by atoms with Crippen LogP contribution in [0.5, 0.6) is 0 Å². The number of nitro benzene ring substituents is 1. The van der Waals surface area contributed by atoms with E-state index in [1.807, 2.05) is 29.6 Å². The van der Waals surface area contributed by atoms with Crippen molar-refractivity contribution in [3.8, 4) is 10.6 Å². The highest BCUT2D eigenvalue weighted by molar-refractivity contribution is 8.00. The molecule has 0 saturated carbocycles. The number of thioether (sulfide) groups is 1. The number of amides is 1. The third kappa shape index (κ3) is 4.65. The molecule has 0 unspecified atom stereocenters. The number of carbonyl (C=O) groups is 1. The van der Waals surface area contributed by atoms with E-state index in [1.165, 1.54) is 23.9 Å². The Morgan fingerprint density at radius 3 is 2.48 bits per heavy atom. The Bertz CT molecular complexity index is 863. The molecule has 1 N–H and O–H groups in total. The number of nitrogens with zero attached hydrogens (tertiary/aromatic N) is 2. The minimum Gasteiger partial charge on any atom is -0.325 e. The molecule has 1 aromatic heterocycles. The van der Waals surface area contributed by atoms with Crippen LogP contribution in [0.15, 0.2) is 65.0 Å². The van der Waals surface area contributed by atoms with Gasteiger partial charge in [0.05, 0.1) is 10.7 Å². The number of hydrogen-bond acceptors (Lipinski definition) is 6. The Balaban J connectivity index is 1.53. The quantitative estimate of drug-likeness (QED) is 0.393. The lowest BCUT2D eigenvalue weighted by Gasteiger charge is -2.06. The SMILES string of the molecule is O=C(CSc1ccc([N+](=O)[O-])cc1)Nc1ccc(-c2nccs2)cc1. The average Bonchev–Trinajstić information content (AvgIpc) is 3.15. The van der Waals surface area contributed by atoms with E-state index in [-0.39, 0.29) is 17.3 Å². The van der Waals surface area contributed by atoms with Crippen molar-refractivity contribution in [3.05, 3.63) is 70.2 Å². The number of thiazole rings is 1. The predicted molar refractivity (Wildman–Crippen MR) is 100 cm³/mol. The van der Waals surface area contributed by atoms with Crippen LogP contribution < -0.4 is 5.32 Å². The van der Waals surface area contributed by atoms with Gasteiger partial charge >= 0.3 is 0 Å². The third-order valence-corrected chi connectivity index (χ3v) is 5.10. The Labute approximate surface area is 152 Å². The molecule has 0 aliphatic carbocycles. The highest BCUT2D eigenvalue weighted by Crippen LogP contribution is 2.24. The summed E-state index contributed by atoms with van der Waals surface area (Å²) >= 11 is 2.89. The van der Waals surface area contributed by atoms with E-state index in [0.717, 1.165) is 21.2 Å². The molecule has 126 valence electrons. The fourth-order valence-corrected chi connectivity index (χ4v) is 3.42. The monoisotopic (exact) mass is 371 g/mol. The largest absolute Gasteiger partial charge is 0.325 e. The van der Waals surface area contributed by atoms with Gasteiger partial charge in [-0.1, -0.05) is 0 Å². The fraction of sp³-hybridized carbons (Fsp3) is 0.0588. The van der Waals surface area contributed by atoms with Crippen LogP contribution in [0.25, 0.3) is 10.6 Å². The van der Waals surface area contributed by atoms with Crippen molar-refractivity contribution in [1.29, 1.82) is 0 Å². The van der Waals surface area contributed by atoms with Gasteiger partial charge in [0.15, 0.2) is 0 Å². The summed E-state index contributed by atoms with van der Waals surface area (Å²) in [5, 5.41) is 16.3. The number of anilines is 1. The van der Waals surface area contributed by atoms with Crippen LogP contribution in [0.4, 0.5) is 11.4 Å². The third-order valence-electron chi connectivity index (χ3n) is 3.27. The minimum absolute atomic E-state index is 0.0362. The Hall–Kier alpha value is -2.71. The molecule has 0 fully saturated rings. The zero-order chi connectivity index (χ0) is 17.6. The maximum absolute atomic E-state index is 12.0. The zero-order valence-electron chi connectivity index (χ0n) is 12.9. The van der Waals surface area contributed by atoms with Crippen molar-refractivity contribution in [2.24, 2.45) is 0 Å². The molecule has 6 nitrogen and oxygen atoms in total. The minimum atomic E-state index is -0.448. The first-order chi connectivity index (χ1) is 12.1. The summed E-state index contributed by atoms with van der Waals surface area (Å²) in [6.45, 7) is 0. The molecule has 0 aliphatic rings. The van der Waals surface area contributed by atoms with Crippen LogP contribution in [0.1, 0.15) is 0 Å². The molecule has 0 bridgehead atoms. The van der Waals surface area contributed by atoms with Gasteiger partial charge in [0.25, 0.3) is 5.69 Å². The Morgan fingerprint density at radius 1 is 1.16 bits per heavy atom. The first-order valence-electron chi connectivity index (χ1n) is 7.29. The van der Waals surface area contributed by atoms with Gasteiger partial charge in [0.2, 0.25) is 5.91 Å². The summed E-state index contributed by atoms with van der Waals surface area (Å²) in [5.74, 6) is 0.0943. The van der Waals surface area contributed by atoms with E-state index < -0.39 is 4.92 Å². The highest BCUT2D eigenvalue weighted by atomic mass is 32.2. The summed E-state index contributed by atoms with van der Waals surface area (Å²) in [6.07, 6.45) is 1.76. The second kappa shape index (κ2) is 7.91. The van der Waals surface area contributed by atoms with Crippen molar-refractivity contribution in [3.63, 3.8) is 0 Å². The van der Waals surface area contributed by atoms with Gasteiger partial charge in [-0.3, -0.25) is 14.9 Å². The van der Waals surface area contributed by atoms with Crippen molar-refractivity contribution in [1.82, 2.24) is 4.98 Å². The van der Waals surface area contributed by atoms with E-state index in [0.29, 0.717) is 0 Å². The predicted octanol–water partition coefficient (Wildman–Crippen LogP) is 4.45. The fourth-order valence-electron chi connectivity index (χ4n) is 2.07. The van der Waals surface area contributed by atoms with E-state index in [2.05, 4.69) is 10.3 Å². The number of hydrogen-bond donors (Lipinski definition) is 1. The maximum atomic E-state index is 12.0. The molecular formula is C17H13N3O3S2. The molecule has 1 heterocycles. The topological polar surface area (TPSA) is 85.1 Å². The van der Waals surface area contributed by atoms with Crippen LogP contribution in [0.3, 0.4) is 0 Å². The molecule has 8 heteroatoms. The zero-order valence-corrected chi connectivity index (χ0v) is 14.5. The highest BCUT2D eigenvalue weighted by Gasteiger charge is 2.07. The molecule has 0 spiro atoms. The van der Waals surface area contributed by atoms with Crippen molar-refractivity contribution >= 4 is 40.4 Å².